The van der Waals surface area contributed by atoms with Crippen LogP contribution in [0.1, 0.15) is 18.4 Å². The molecule has 0 atom stereocenters. The second-order valence-corrected chi connectivity index (χ2v) is 4.63. The Balaban J connectivity index is 2.09. The quantitative estimate of drug-likeness (QED) is 0.851. The van der Waals surface area contributed by atoms with Crippen molar-refractivity contribution < 1.29 is 0 Å². The lowest BCUT2D eigenvalue weighted by Gasteiger charge is -2.24. The van der Waals surface area contributed by atoms with Gasteiger partial charge in [-0.3, -0.25) is 0 Å². The fraction of sp³-hybridized carbons (Fsp3) is 0.500. The summed E-state index contributed by atoms with van der Waals surface area (Å²) in [5, 5.41) is 4.30. The van der Waals surface area contributed by atoms with Crippen molar-refractivity contribution in [2.24, 2.45) is 5.73 Å². The maximum absolute atomic E-state index is 5.70. The smallest absolute Gasteiger partial charge is 0.157 e. The minimum atomic E-state index is 0.632. The number of hydrogen-bond donors (Lipinski definition) is 1. The molecule has 1 fully saturated rings. The Labute approximate surface area is 100 Å². The van der Waals surface area contributed by atoms with E-state index in [2.05, 4.69) is 28.0 Å². The molecule has 0 amide bonds. The van der Waals surface area contributed by atoms with Gasteiger partial charge >= 0.3 is 0 Å². The Kier molecular flexibility index (Phi) is 2.48. The van der Waals surface area contributed by atoms with Gasteiger partial charge in [0, 0.05) is 19.1 Å². The fourth-order valence-corrected chi connectivity index (χ4v) is 2.25. The van der Waals surface area contributed by atoms with Crippen molar-refractivity contribution >= 4 is 11.5 Å². The topological polar surface area (TPSA) is 59.5 Å². The van der Waals surface area contributed by atoms with Crippen molar-refractivity contribution in [3.8, 4) is 0 Å². The van der Waals surface area contributed by atoms with E-state index in [0.717, 1.165) is 18.0 Å². The van der Waals surface area contributed by atoms with Gasteiger partial charge in [0.25, 0.3) is 0 Å². The Bertz CT molecular complexity index is 529. The summed E-state index contributed by atoms with van der Waals surface area (Å²) in [5.74, 6) is 1.12. The van der Waals surface area contributed by atoms with Crippen molar-refractivity contribution in [1.29, 1.82) is 0 Å². The summed E-state index contributed by atoms with van der Waals surface area (Å²) in [4.78, 5) is 6.61. The molecule has 17 heavy (non-hydrogen) atoms. The van der Waals surface area contributed by atoms with Gasteiger partial charge in [-0.2, -0.15) is 9.61 Å². The van der Waals surface area contributed by atoms with E-state index in [1.165, 1.54) is 18.4 Å². The number of aryl methyl sites for hydroxylation is 1. The van der Waals surface area contributed by atoms with Crippen LogP contribution in [0.3, 0.4) is 0 Å². The molecule has 0 aliphatic heterocycles. The highest BCUT2D eigenvalue weighted by Crippen LogP contribution is 2.31. The maximum Gasteiger partial charge on any atom is 0.157 e. The van der Waals surface area contributed by atoms with Gasteiger partial charge in [0.1, 0.15) is 12.1 Å². The van der Waals surface area contributed by atoms with Crippen LogP contribution in [0.4, 0.5) is 5.82 Å². The van der Waals surface area contributed by atoms with Crippen LogP contribution in [-0.2, 0) is 0 Å². The standard InChI is InChI=1S/C12H17N5/c1-9-6-11-14-8-15-17(11)12(7-9)16(5-4-13)10-2-3-10/h6-8,10H,2-5,13H2,1H3. The summed E-state index contributed by atoms with van der Waals surface area (Å²) in [7, 11) is 0. The first kappa shape index (κ1) is 10.5. The lowest BCUT2D eigenvalue weighted by Crippen LogP contribution is -2.33. The van der Waals surface area contributed by atoms with Crippen LogP contribution in [0, 0.1) is 6.92 Å². The third kappa shape index (κ3) is 1.86. The molecule has 90 valence electrons. The van der Waals surface area contributed by atoms with E-state index < -0.39 is 0 Å². The van der Waals surface area contributed by atoms with E-state index in [0.29, 0.717) is 12.6 Å². The summed E-state index contributed by atoms with van der Waals surface area (Å²) in [6.07, 6.45) is 4.11. The monoisotopic (exact) mass is 231 g/mol. The molecule has 0 saturated heterocycles. The first-order valence-electron chi connectivity index (χ1n) is 6.06. The van der Waals surface area contributed by atoms with Crippen molar-refractivity contribution in [3.63, 3.8) is 0 Å². The average Bonchev–Trinajstić information content (AvgIpc) is 3.04. The predicted octanol–water partition coefficient (Wildman–Crippen LogP) is 0.965. The van der Waals surface area contributed by atoms with Gasteiger partial charge in [-0.15, -0.1) is 0 Å². The van der Waals surface area contributed by atoms with Crippen LogP contribution in [0.15, 0.2) is 18.5 Å². The van der Waals surface area contributed by atoms with E-state index in [1.54, 1.807) is 6.33 Å². The van der Waals surface area contributed by atoms with E-state index in [1.807, 2.05) is 10.6 Å². The number of aromatic nitrogens is 3. The maximum atomic E-state index is 5.70. The van der Waals surface area contributed by atoms with Gasteiger partial charge in [-0.25, -0.2) is 4.98 Å². The van der Waals surface area contributed by atoms with E-state index >= 15 is 0 Å². The summed E-state index contributed by atoms with van der Waals surface area (Å²) in [6, 6.07) is 4.84. The lowest BCUT2D eigenvalue weighted by molar-refractivity contribution is 0.747. The molecule has 0 aromatic carbocycles. The Morgan fingerprint density at radius 2 is 2.29 bits per heavy atom. The van der Waals surface area contributed by atoms with Gasteiger partial charge < -0.3 is 10.6 Å². The van der Waals surface area contributed by atoms with Crippen molar-refractivity contribution in [3.05, 3.63) is 24.0 Å². The molecule has 2 aromatic rings. The van der Waals surface area contributed by atoms with E-state index in [4.69, 9.17) is 5.73 Å². The Hall–Kier alpha value is -1.62. The number of fused-ring (bicyclic) bond motifs is 1. The summed E-state index contributed by atoms with van der Waals surface area (Å²) in [5.41, 5.74) is 7.82. The molecule has 3 rings (SSSR count). The molecule has 0 bridgehead atoms. The number of hydrogen-bond acceptors (Lipinski definition) is 4. The minimum Gasteiger partial charge on any atom is -0.352 e. The molecule has 0 radical (unpaired) electrons. The second-order valence-electron chi connectivity index (χ2n) is 4.63. The molecule has 0 unspecified atom stereocenters. The highest BCUT2D eigenvalue weighted by molar-refractivity contribution is 5.54. The largest absolute Gasteiger partial charge is 0.352 e. The third-order valence-corrected chi connectivity index (χ3v) is 3.16. The van der Waals surface area contributed by atoms with Crippen LogP contribution in [0.5, 0.6) is 0 Å². The summed E-state index contributed by atoms with van der Waals surface area (Å²) >= 11 is 0. The SMILES string of the molecule is Cc1cc(N(CCN)C2CC2)n2ncnc2c1. The zero-order chi connectivity index (χ0) is 11.8. The third-order valence-electron chi connectivity index (χ3n) is 3.16. The molecule has 1 aliphatic carbocycles. The number of pyridine rings is 1. The van der Waals surface area contributed by atoms with Crippen molar-refractivity contribution in [2.75, 3.05) is 18.0 Å². The second kappa shape index (κ2) is 4.00. The number of nitrogens with two attached hydrogens (primary N) is 1. The molecular weight excluding hydrogens is 214 g/mol. The normalized spacial score (nSPS) is 15.4. The number of rotatable bonds is 4. The molecule has 2 N–H and O–H groups in total. The highest BCUT2D eigenvalue weighted by atomic mass is 15.4. The van der Waals surface area contributed by atoms with Crippen molar-refractivity contribution in [2.45, 2.75) is 25.8 Å². The van der Waals surface area contributed by atoms with Gasteiger partial charge in [0.05, 0.1) is 0 Å². The van der Waals surface area contributed by atoms with E-state index in [9.17, 15) is 0 Å². The van der Waals surface area contributed by atoms with Gasteiger partial charge in [0.15, 0.2) is 5.65 Å². The first-order chi connectivity index (χ1) is 8.29. The minimum absolute atomic E-state index is 0.632. The Morgan fingerprint density at radius 3 is 3.00 bits per heavy atom. The van der Waals surface area contributed by atoms with Crippen LogP contribution in [0.2, 0.25) is 0 Å². The number of anilines is 1. The molecule has 1 saturated carbocycles. The van der Waals surface area contributed by atoms with Crippen LogP contribution in [0.25, 0.3) is 5.65 Å². The fourth-order valence-electron chi connectivity index (χ4n) is 2.25. The first-order valence-corrected chi connectivity index (χ1v) is 6.06. The molecule has 2 heterocycles. The summed E-state index contributed by atoms with van der Waals surface area (Å²) < 4.78 is 1.90. The Morgan fingerprint density at radius 1 is 1.47 bits per heavy atom. The molecule has 5 nitrogen and oxygen atoms in total. The lowest BCUT2D eigenvalue weighted by atomic mass is 10.2. The van der Waals surface area contributed by atoms with Crippen LogP contribution >= 0.6 is 0 Å². The molecule has 2 aromatic heterocycles. The van der Waals surface area contributed by atoms with Crippen LogP contribution < -0.4 is 10.6 Å². The predicted molar refractivity (Wildman–Crippen MR) is 67.1 cm³/mol. The molecule has 0 spiro atoms. The molecule has 5 heteroatoms. The van der Waals surface area contributed by atoms with Crippen molar-refractivity contribution in [1.82, 2.24) is 14.6 Å². The van der Waals surface area contributed by atoms with E-state index in [-0.39, 0.29) is 0 Å². The van der Waals surface area contributed by atoms with Crippen LogP contribution in [-0.4, -0.2) is 33.7 Å². The molecule has 1 aliphatic rings. The highest BCUT2D eigenvalue weighted by Gasteiger charge is 2.30. The molecular formula is C12H17N5. The van der Waals surface area contributed by atoms with Gasteiger partial charge in [0.2, 0.25) is 0 Å². The summed E-state index contributed by atoms with van der Waals surface area (Å²) in [6.45, 7) is 3.63. The zero-order valence-corrected chi connectivity index (χ0v) is 10.0. The zero-order valence-electron chi connectivity index (χ0n) is 10.0. The average molecular weight is 231 g/mol. The van der Waals surface area contributed by atoms with Gasteiger partial charge in [-0.1, -0.05) is 0 Å². The number of nitrogens with zero attached hydrogens (tertiary/aromatic N) is 4. The van der Waals surface area contributed by atoms with Gasteiger partial charge in [-0.05, 0) is 37.5 Å².